The van der Waals surface area contributed by atoms with E-state index >= 15 is 0 Å². The monoisotopic (exact) mass is 453 g/mol. The van der Waals surface area contributed by atoms with Crippen molar-refractivity contribution in [1.29, 1.82) is 0 Å². The Hall–Kier alpha value is -3.77. The fraction of sp³-hybridized carbons (Fsp3) is 0.111. The van der Waals surface area contributed by atoms with E-state index in [2.05, 4.69) is 45.3 Å². The van der Waals surface area contributed by atoms with Crippen molar-refractivity contribution in [1.82, 2.24) is 9.88 Å². The van der Waals surface area contributed by atoms with Gasteiger partial charge in [0.1, 0.15) is 11.4 Å². The van der Waals surface area contributed by atoms with Crippen LogP contribution in [0.3, 0.4) is 0 Å². The standard InChI is InChI=1S/C27H23N3O2S/c1-18-12-13-24(32-2)22(14-18)28-27-29-26(31)25(33-27)15-20-17-30(16-19-8-4-3-5-9-19)23-11-7-6-10-21(20)23/h3-15,17H,16H2,1-2H3,(H,28,29,31)/b25-15-. The van der Waals surface area contributed by atoms with Crippen LogP contribution < -0.4 is 10.1 Å². The van der Waals surface area contributed by atoms with Crippen LogP contribution in [-0.2, 0) is 11.3 Å². The predicted octanol–water partition coefficient (Wildman–Crippen LogP) is 5.90. The van der Waals surface area contributed by atoms with Crippen LogP contribution in [0.2, 0.25) is 0 Å². The second-order valence-corrected chi connectivity index (χ2v) is 8.90. The zero-order valence-corrected chi connectivity index (χ0v) is 19.2. The number of hydrogen-bond acceptors (Lipinski definition) is 4. The number of carbonyl (C=O) groups is 1. The second-order valence-electron chi connectivity index (χ2n) is 7.87. The number of nitrogens with zero attached hydrogens (tertiary/aromatic N) is 2. The highest BCUT2D eigenvalue weighted by Gasteiger charge is 2.25. The molecule has 2 heterocycles. The molecule has 1 amide bonds. The van der Waals surface area contributed by atoms with Crippen molar-refractivity contribution in [3.05, 3.63) is 101 Å². The van der Waals surface area contributed by atoms with Crippen molar-refractivity contribution < 1.29 is 9.53 Å². The van der Waals surface area contributed by atoms with E-state index in [9.17, 15) is 4.79 Å². The van der Waals surface area contributed by atoms with Gasteiger partial charge in [0, 0.05) is 29.2 Å². The molecule has 0 atom stereocenters. The van der Waals surface area contributed by atoms with E-state index in [0.29, 0.717) is 21.5 Å². The normalized spacial score (nSPS) is 16.0. The van der Waals surface area contributed by atoms with Gasteiger partial charge >= 0.3 is 0 Å². The van der Waals surface area contributed by atoms with E-state index in [0.717, 1.165) is 28.6 Å². The number of ether oxygens (including phenoxy) is 1. The minimum absolute atomic E-state index is 0.148. The maximum Gasteiger partial charge on any atom is 0.264 e. The molecule has 5 rings (SSSR count). The van der Waals surface area contributed by atoms with Crippen molar-refractivity contribution >= 4 is 45.5 Å². The molecule has 1 aliphatic rings. The first kappa shape index (κ1) is 21.1. The Morgan fingerprint density at radius 3 is 2.67 bits per heavy atom. The number of rotatable bonds is 5. The van der Waals surface area contributed by atoms with Gasteiger partial charge in [0.15, 0.2) is 5.17 Å². The number of amides is 1. The minimum Gasteiger partial charge on any atom is -0.494 e. The molecular formula is C27H23N3O2S. The fourth-order valence-corrected chi connectivity index (χ4v) is 4.75. The molecule has 0 aliphatic carbocycles. The Morgan fingerprint density at radius 2 is 1.85 bits per heavy atom. The van der Waals surface area contributed by atoms with Crippen LogP contribution in [0.5, 0.6) is 5.75 Å². The summed E-state index contributed by atoms with van der Waals surface area (Å²) in [6.07, 6.45) is 4.05. The Balaban J connectivity index is 1.48. The van der Waals surface area contributed by atoms with Crippen molar-refractivity contribution in [2.45, 2.75) is 13.5 Å². The Bertz CT molecular complexity index is 1400. The molecule has 164 valence electrons. The van der Waals surface area contributed by atoms with E-state index in [4.69, 9.17) is 4.74 Å². The number of aromatic nitrogens is 1. The number of nitrogens with one attached hydrogen (secondary N) is 1. The molecule has 0 unspecified atom stereocenters. The summed E-state index contributed by atoms with van der Waals surface area (Å²) in [7, 11) is 1.62. The Labute approximate surface area is 196 Å². The van der Waals surface area contributed by atoms with E-state index in [1.165, 1.54) is 17.3 Å². The zero-order chi connectivity index (χ0) is 22.8. The summed E-state index contributed by atoms with van der Waals surface area (Å²) in [5.41, 5.74) is 5.14. The highest BCUT2D eigenvalue weighted by atomic mass is 32.2. The SMILES string of the molecule is COc1ccc(C)cc1N=C1NC(=O)/C(=C/c2cn(Cc3ccccc3)c3ccccc23)S1. The number of aliphatic imine (C=N–C) groups is 1. The van der Waals surface area contributed by atoms with E-state index in [1.807, 2.05) is 61.5 Å². The van der Waals surface area contributed by atoms with Crippen molar-refractivity contribution in [2.24, 2.45) is 4.99 Å². The van der Waals surface area contributed by atoms with E-state index < -0.39 is 0 Å². The molecule has 1 fully saturated rings. The van der Waals surface area contributed by atoms with Crippen LogP contribution in [0.25, 0.3) is 17.0 Å². The first-order valence-electron chi connectivity index (χ1n) is 10.7. The third-order valence-electron chi connectivity index (χ3n) is 5.51. The minimum atomic E-state index is -0.148. The lowest BCUT2D eigenvalue weighted by atomic mass is 10.1. The molecule has 33 heavy (non-hydrogen) atoms. The lowest BCUT2D eigenvalue weighted by Crippen LogP contribution is -2.19. The molecular weight excluding hydrogens is 430 g/mol. The summed E-state index contributed by atoms with van der Waals surface area (Å²) in [5, 5.41) is 4.54. The molecule has 1 saturated heterocycles. The van der Waals surface area contributed by atoms with E-state index in [-0.39, 0.29) is 5.91 Å². The van der Waals surface area contributed by atoms with Crippen LogP contribution in [0.15, 0.2) is 88.9 Å². The summed E-state index contributed by atoms with van der Waals surface area (Å²) >= 11 is 1.34. The molecule has 0 bridgehead atoms. The first-order valence-corrected chi connectivity index (χ1v) is 11.5. The maximum atomic E-state index is 12.7. The van der Waals surface area contributed by atoms with E-state index in [1.54, 1.807) is 7.11 Å². The molecule has 0 spiro atoms. The van der Waals surface area contributed by atoms with Gasteiger partial charge in [-0.2, -0.15) is 0 Å². The fourth-order valence-electron chi connectivity index (χ4n) is 3.92. The first-order chi connectivity index (χ1) is 16.1. The highest BCUT2D eigenvalue weighted by molar-refractivity contribution is 8.18. The molecule has 1 aromatic heterocycles. The molecule has 4 aromatic rings. The third-order valence-corrected chi connectivity index (χ3v) is 6.42. The summed E-state index contributed by atoms with van der Waals surface area (Å²) in [4.78, 5) is 18.0. The lowest BCUT2D eigenvalue weighted by Gasteiger charge is -2.05. The number of thioether (sulfide) groups is 1. The van der Waals surface area contributed by atoms with Gasteiger partial charge in [-0.15, -0.1) is 0 Å². The van der Waals surface area contributed by atoms with Gasteiger partial charge < -0.3 is 14.6 Å². The summed E-state index contributed by atoms with van der Waals surface area (Å²) in [6.45, 7) is 2.77. The molecule has 6 heteroatoms. The van der Waals surface area contributed by atoms with Crippen LogP contribution in [0.4, 0.5) is 5.69 Å². The van der Waals surface area contributed by atoms with Gasteiger partial charge in [-0.05, 0) is 54.1 Å². The van der Waals surface area contributed by atoms with Crippen LogP contribution in [-0.4, -0.2) is 22.8 Å². The molecule has 0 radical (unpaired) electrons. The van der Waals surface area contributed by atoms with Crippen LogP contribution in [0.1, 0.15) is 16.7 Å². The maximum absolute atomic E-state index is 12.7. The number of benzene rings is 3. The van der Waals surface area contributed by atoms with Gasteiger partial charge in [0.2, 0.25) is 0 Å². The van der Waals surface area contributed by atoms with Gasteiger partial charge in [0.25, 0.3) is 5.91 Å². The highest BCUT2D eigenvalue weighted by Crippen LogP contribution is 2.34. The molecule has 1 N–H and O–H groups in total. The quantitative estimate of drug-likeness (QED) is 0.383. The van der Waals surface area contributed by atoms with Gasteiger partial charge in [0.05, 0.1) is 12.0 Å². The molecule has 0 saturated carbocycles. The Kier molecular flexibility index (Phi) is 5.75. The molecule has 1 aliphatic heterocycles. The van der Waals surface area contributed by atoms with Crippen LogP contribution in [0, 0.1) is 6.92 Å². The largest absolute Gasteiger partial charge is 0.494 e. The number of fused-ring (bicyclic) bond motifs is 1. The van der Waals surface area contributed by atoms with Gasteiger partial charge in [-0.3, -0.25) is 4.79 Å². The predicted molar refractivity (Wildman–Crippen MR) is 136 cm³/mol. The van der Waals surface area contributed by atoms with Crippen molar-refractivity contribution in [3.8, 4) is 5.75 Å². The number of hydrogen-bond donors (Lipinski definition) is 1. The lowest BCUT2D eigenvalue weighted by molar-refractivity contribution is -0.115. The second kappa shape index (κ2) is 9.00. The smallest absolute Gasteiger partial charge is 0.264 e. The van der Waals surface area contributed by atoms with Gasteiger partial charge in [-0.1, -0.05) is 54.6 Å². The average molecular weight is 454 g/mol. The third kappa shape index (κ3) is 4.43. The number of carbonyl (C=O) groups excluding carboxylic acids is 1. The number of methoxy groups -OCH3 is 1. The van der Waals surface area contributed by atoms with Crippen molar-refractivity contribution in [2.75, 3.05) is 7.11 Å². The number of amidine groups is 1. The molecule has 3 aromatic carbocycles. The summed E-state index contributed by atoms with van der Waals surface area (Å²) in [6, 6.07) is 24.4. The summed E-state index contributed by atoms with van der Waals surface area (Å²) < 4.78 is 7.64. The zero-order valence-electron chi connectivity index (χ0n) is 18.4. The number of aryl methyl sites for hydroxylation is 1. The van der Waals surface area contributed by atoms with Crippen molar-refractivity contribution in [3.63, 3.8) is 0 Å². The molecule has 5 nitrogen and oxygen atoms in total. The van der Waals surface area contributed by atoms with Gasteiger partial charge in [-0.25, -0.2) is 4.99 Å². The Morgan fingerprint density at radius 1 is 1.06 bits per heavy atom. The average Bonchev–Trinajstić information content (AvgIpc) is 3.34. The summed E-state index contributed by atoms with van der Waals surface area (Å²) in [5.74, 6) is 0.523. The topological polar surface area (TPSA) is 55.6 Å². The number of para-hydroxylation sites is 1. The van der Waals surface area contributed by atoms with Crippen LogP contribution >= 0.6 is 11.8 Å².